The second-order valence-electron chi connectivity index (χ2n) is 9.91. The van der Waals surface area contributed by atoms with Gasteiger partial charge in [-0.15, -0.1) is 0 Å². The molecule has 0 amide bonds. The van der Waals surface area contributed by atoms with Gasteiger partial charge in [0.15, 0.2) is 5.82 Å². The zero-order valence-corrected chi connectivity index (χ0v) is 21.9. The average molecular weight is 514 g/mol. The molecule has 4 rings (SSSR count). The van der Waals surface area contributed by atoms with Gasteiger partial charge < -0.3 is 10.4 Å². The number of aromatic nitrogens is 3. The Kier molecular flexibility index (Phi) is 7.66. The zero-order chi connectivity index (χ0) is 26.0. The van der Waals surface area contributed by atoms with Crippen LogP contribution in [0.1, 0.15) is 54.8 Å². The Bertz CT molecular complexity index is 1260. The standard InChI is InChI=1S/C27H33ClFN5O2/c1-5-19-12-21(30-25(18(19)4)31-23-11-16(2)32-33-23)14-27(26(35)36)9-10-34(17(3)13-27)15-20-7-6-8-22(28)24(20)29/h6-8,11-12,17H,5,9-10,13-15H2,1-4H3,(H,35,36)(H2,30,31,32,33)/t17-,27-/m1/s1. The van der Waals surface area contributed by atoms with E-state index in [1.165, 1.54) is 6.07 Å². The fraction of sp³-hybridized carbons (Fsp3) is 0.444. The molecule has 192 valence electrons. The molecule has 3 N–H and O–H groups in total. The second kappa shape index (κ2) is 10.6. The van der Waals surface area contributed by atoms with E-state index in [4.69, 9.17) is 16.6 Å². The van der Waals surface area contributed by atoms with Crippen molar-refractivity contribution in [3.8, 4) is 0 Å². The van der Waals surface area contributed by atoms with Crippen LogP contribution >= 0.6 is 11.6 Å². The molecular formula is C27H33ClFN5O2. The number of piperidine rings is 1. The van der Waals surface area contributed by atoms with Crippen LogP contribution in [-0.2, 0) is 24.2 Å². The number of anilines is 2. The fourth-order valence-electron chi connectivity index (χ4n) is 5.18. The van der Waals surface area contributed by atoms with E-state index in [1.807, 2.05) is 32.9 Å². The number of likely N-dealkylation sites (tertiary alicyclic amines) is 1. The first kappa shape index (κ1) is 26.1. The lowest BCUT2D eigenvalue weighted by Gasteiger charge is -2.43. The summed E-state index contributed by atoms with van der Waals surface area (Å²) >= 11 is 5.96. The smallest absolute Gasteiger partial charge is 0.310 e. The molecular weight excluding hydrogens is 481 g/mol. The van der Waals surface area contributed by atoms with Gasteiger partial charge in [-0.05, 0) is 69.8 Å². The number of nitrogens with one attached hydrogen (secondary N) is 2. The van der Waals surface area contributed by atoms with Crippen LogP contribution in [0.3, 0.4) is 0 Å². The Morgan fingerprint density at radius 1 is 1.33 bits per heavy atom. The summed E-state index contributed by atoms with van der Waals surface area (Å²) in [6, 6.07) is 8.88. The number of carbonyl (C=O) groups is 1. The number of aryl methyl sites for hydroxylation is 2. The quantitative estimate of drug-likeness (QED) is 0.351. The molecule has 1 aliphatic heterocycles. The van der Waals surface area contributed by atoms with Crippen molar-refractivity contribution < 1.29 is 14.3 Å². The first-order valence-corrected chi connectivity index (χ1v) is 12.7. The Morgan fingerprint density at radius 3 is 2.75 bits per heavy atom. The van der Waals surface area contributed by atoms with Crippen LogP contribution in [0, 0.1) is 25.1 Å². The third kappa shape index (κ3) is 5.39. The average Bonchev–Trinajstić information content (AvgIpc) is 3.24. The molecule has 1 aliphatic rings. The Hall–Kier alpha value is -2.97. The number of rotatable bonds is 8. The van der Waals surface area contributed by atoms with E-state index in [0.717, 1.165) is 28.9 Å². The number of H-pyrrole nitrogens is 1. The third-order valence-corrected chi connectivity index (χ3v) is 7.62. The van der Waals surface area contributed by atoms with Crippen LogP contribution in [-0.4, -0.2) is 43.7 Å². The number of hydrogen-bond acceptors (Lipinski definition) is 5. The van der Waals surface area contributed by atoms with Crippen LogP contribution in [0.5, 0.6) is 0 Å². The van der Waals surface area contributed by atoms with Gasteiger partial charge in [0.05, 0.1) is 10.4 Å². The number of carboxylic acid groups (broad SMARTS) is 1. The summed E-state index contributed by atoms with van der Waals surface area (Å²) < 4.78 is 14.5. The number of nitrogens with zero attached hydrogens (tertiary/aromatic N) is 3. The minimum atomic E-state index is -0.948. The summed E-state index contributed by atoms with van der Waals surface area (Å²) in [6.45, 7) is 8.97. The summed E-state index contributed by atoms with van der Waals surface area (Å²) in [4.78, 5) is 19.6. The molecule has 2 atom stereocenters. The number of aliphatic carboxylic acids is 1. The lowest BCUT2D eigenvalue weighted by molar-refractivity contribution is -0.153. The molecule has 3 aromatic rings. The van der Waals surface area contributed by atoms with Crippen molar-refractivity contribution in [2.75, 3.05) is 11.9 Å². The molecule has 36 heavy (non-hydrogen) atoms. The summed E-state index contributed by atoms with van der Waals surface area (Å²) in [6.07, 6.45) is 2.04. The van der Waals surface area contributed by atoms with Crippen molar-refractivity contribution in [1.82, 2.24) is 20.1 Å². The zero-order valence-electron chi connectivity index (χ0n) is 21.2. The van der Waals surface area contributed by atoms with Crippen LogP contribution in [0.4, 0.5) is 16.0 Å². The van der Waals surface area contributed by atoms with E-state index in [-0.39, 0.29) is 11.1 Å². The van der Waals surface area contributed by atoms with Gasteiger partial charge in [-0.25, -0.2) is 9.37 Å². The second-order valence-corrected chi connectivity index (χ2v) is 10.3. The minimum absolute atomic E-state index is 0.0473. The van der Waals surface area contributed by atoms with E-state index < -0.39 is 17.2 Å². The number of halogens is 2. The predicted molar refractivity (Wildman–Crippen MR) is 139 cm³/mol. The highest BCUT2D eigenvalue weighted by atomic mass is 35.5. The fourth-order valence-corrected chi connectivity index (χ4v) is 5.37. The molecule has 0 saturated carbocycles. The number of aromatic amines is 1. The maximum atomic E-state index is 14.5. The van der Waals surface area contributed by atoms with E-state index in [2.05, 4.69) is 27.3 Å². The lowest BCUT2D eigenvalue weighted by atomic mass is 9.72. The summed E-state index contributed by atoms with van der Waals surface area (Å²) in [5.74, 6) is 0.133. The molecule has 0 aliphatic carbocycles. The van der Waals surface area contributed by atoms with E-state index in [9.17, 15) is 14.3 Å². The van der Waals surface area contributed by atoms with Gasteiger partial charge in [0, 0.05) is 42.0 Å². The van der Waals surface area contributed by atoms with Gasteiger partial charge in [0.2, 0.25) is 0 Å². The van der Waals surface area contributed by atoms with Gasteiger partial charge in [-0.2, -0.15) is 5.10 Å². The highest BCUT2D eigenvalue weighted by Gasteiger charge is 2.45. The van der Waals surface area contributed by atoms with Crippen molar-refractivity contribution in [2.45, 2.75) is 66.0 Å². The SMILES string of the molecule is CCc1cc(C[C@@]2(C(=O)O)CCN(Cc3cccc(Cl)c3F)[C@H](C)C2)nc(Nc2cc(C)[nH]n2)c1C. The number of benzene rings is 1. The molecule has 9 heteroatoms. The summed E-state index contributed by atoms with van der Waals surface area (Å²) in [5, 5.41) is 20.9. The Labute approximate surface area is 216 Å². The number of carboxylic acids is 1. The van der Waals surface area contributed by atoms with Gasteiger partial charge >= 0.3 is 5.97 Å². The molecule has 3 heterocycles. The molecule has 7 nitrogen and oxygen atoms in total. The van der Waals surface area contributed by atoms with Crippen molar-refractivity contribution in [3.63, 3.8) is 0 Å². The monoisotopic (exact) mass is 513 g/mol. The molecule has 2 aromatic heterocycles. The maximum absolute atomic E-state index is 14.5. The van der Waals surface area contributed by atoms with Gasteiger partial charge in [0.25, 0.3) is 0 Å². The van der Waals surface area contributed by atoms with Crippen LogP contribution < -0.4 is 5.32 Å². The molecule has 1 aromatic carbocycles. The van der Waals surface area contributed by atoms with Crippen molar-refractivity contribution in [3.05, 3.63) is 69.2 Å². The molecule has 0 radical (unpaired) electrons. The first-order chi connectivity index (χ1) is 17.1. The first-order valence-electron chi connectivity index (χ1n) is 12.3. The van der Waals surface area contributed by atoms with Gasteiger partial charge in [-0.3, -0.25) is 14.8 Å². The molecule has 1 saturated heterocycles. The van der Waals surface area contributed by atoms with Crippen LogP contribution in [0.2, 0.25) is 5.02 Å². The minimum Gasteiger partial charge on any atom is -0.481 e. The molecule has 0 unspecified atom stereocenters. The van der Waals surface area contributed by atoms with Gasteiger partial charge in [-0.1, -0.05) is 30.7 Å². The normalized spacial score (nSPS) is 20.4. The Morgan fingerprint density at radius 2 is 2.11 bits per heavy atom. The largest absolute Gasteiger partial charge is 0.481 e. The van der Waals surface area contributed by atoms with Crippen molar-refractivity contribution in [1.29, 1.82) is 0 Å². The van der Waals surface area contributed by atoms with Crippen LogP contribution in [0.15, 0.2) is 30.3 Å². The van der Waals surface area contributed by atoms with Crippen molar-refractivity contribution in [2.24, 2.45) is 5.41 Å². The lowest BCUT2D eigenvalue weighted by Crippen LogP contribution is -2.49. The topological polar surface area (TPSA) is 94.1 Å². The molecule has 1 fully saturated rings. The van der Waals surface area contributed by atoms with Crippen LogP contribution in [0.25, 0.3) is 0 Å². The summed E-state index contributed by atoms with van der Waals surface area (Å²) in [7, 11) is 0. The van der Waals surface area contributed by atoms with Gasteiger partial charge in [0.1, 0.15) is 11.6 Å². The van der Waals surface area contributed by atoms with Crippen molar-refractivity contribution >= 4 is 29.2 Å². The highest BCUT2D eigenvalue weighted by molar-refractivity contribution is 6.30. The third-order valence-electron chi connectivity index (χ3n) is 7.33. The molecule has 0 spiro atoms. The highest BCUT2D eigenvalue weighted by Crippen LogP contribution is 2.39. The summed E-state index contributed by atoms with van der Waals surface area (Å²) in [5.41, 5.74) is 3.40. The number of hydrogen-bond donors (Lipinski definition) is 3. The van der Waals surface area contributed by atoms with E-state index >= 15 is 0 Å². The molecule has 0 bridgehead atoms. The maximum Gasteiger partial charge on any atom is 0.310 e. The Balaban J connectivity index is 1.57. The predicted octanol–water partition coefficient (Wildman–Crippen LogP) is 5.82. The van der Waals surface area contributed by atoms with E-state index in [1.54, 1.807) is 12.1 Å². The number of pyridine rings is 1. The van der Waals surface area contributed by atoms with E-state index in [0.29, 0.717) is 49.6 Å².